The van der Waals surface area contributed by atoms with Crippen molar-refractivity contribution in [3.8, 4) is 11.5 Å². The molecule has 40 heavy (non-hydrogen) atoms. The van der Waals surface area contributed by atoms with Crippen LogP contribution in [-0.4, -0.2) is 60.2 Å². The highest BCUT2D eigenvalue weighted by Gasteiger charge is 2.61. The number of hydrogen-bond acceptors (Lipinski definition) is 5. The Hall–Kier alpha value is -3.26. The van der Waals surface area contributed by atoms with Crippen molar-refractivity contribution in [2.45, 2.75) is 70.2 Å². The predicted octanol–water partition coefficient (Wildman–Crippen LogP) is 5.15. The SMILES string of the molecule is CO[C@]1(C)C[C@H](Cn2c(-c3cc4cccnc4n3CC3CC3)nc3cc(C(=O)N4C[C@H]5CC6C[C@@H]4[C@H]65)cnc32)C1. The first kappa shape index (κ1) is 23.4. The van der Waals surface area contributed by atoms with Crippen LogP contribution >= 0.6 is 0 Å². The van der Waals surface area contributed by atoms with Crippen LogP contribution in [-0.2, 0) is 17.8 Å². The summed E-state index contributed by atoms with van der Waals surface area (Å²) in [6.45, 7) is 4.90. The maximum atomic E-state index is 13.7. The van der Waals surface area contributed by atoms with Crippen molar-refractivity contribution >= 4 is 28.1 Å². The topological polar surface area (TPSA) is 78.1 Å². The first-order valence-corrected chi connectivity index (χ1v) is 15.1. The Morgan fingerprint density at radius 2 is 1.90 bits per heavy atom. The molecule has 4 saturated carbocycles. The summed E-state index contributed by atoms with van der Waals surface area (Å²) in [7, 11) is 1.81. The van der Waals surface area contributed by atoms with Crippen molar-refractivity contribution in [1.82, 2.24) is 29.0 Å². The average molecular weight is 537 g/mol. The molecule has 8 heteroatoms. The standard InChI is InChI=1S/C32H36N6O2/c1-32(40-2)12-19(13-32)16-38-29-24(9-22(14-34-29)31(39)37-17-23-8-21-11-25(37)27(21)23)35-30(38)26-10-20-4-3-7-33-28(20)36(26)15-18-5-6-18/h3-4,7,9-10,14,18-19,21,23,25,27H,5-6,8,11-13,15-17H2,1-2H3/t19-,21?,23-,25-,27-,32+/m1/s1. The van der Waals surface area contributed by atoms with Crippen LogP contribution in [0.15, 0.2) is 36.7 Å². The van der Waals surface area contributed by atoms with Crippen molar-refractivity contribution in [3.05, 3.63) is 42.2 Å². The summed E-state index contributed by atoms with van der Waals surface area (Å²) in [4.78, 5) is 30.7. The number of pyridine rings is 2. The van der Waals surface area contributed by atoms with Gasteiger partial charge in [-0.15, -0.1) is 0 Å². The summed E-state index contributed by atoms with van der Waals surface area (Å²) in [5, 5.41) is 1.14. The zero-order valence-corrected chi connectivity index (χ0v) is 23.3. The number of aromatic nitrogens is 5. The Labute approximate surface area is 233 Å². The molecular formula is C32H36N6O2. The lowest BCUT2D eigenvalue weighted by atomic mass is 9.53. The van der Waals surface area contributed by atoms with Crippen LogP contribution in [0.4, 0.5) is 0 Å². The van der Waals surface area contributed by atoms with Crippen LogP contribution in [0.1, 0.15) is 55.8 Å². The molecule has 1 unspecified atom stereocenters. The highest BCUT2D eigenvalue weighted by atomic mass is 16.5. The van der Waals surface area contributed by atoms with Crippen molar-refractivity contribution < 1.29 is 9.53 Å². The maximum Gasteiger partial charge on any atom is 0.255 e. The summed E-state index contributed by atoms with van der Waals surface area (Å²) in [5.74, 6) is 4.60. The van der Waals surface area contributed by atoms with E-state index in [0.29, 0.717) is 23.4 Å². The van der Waals surface area contributed by atoms with Gasteiger partial charge in [-0.3, -0.25) is 4.79 Å². The molecule has 8 nitrogen and oxygen atoms in total. The normalized spacial score (nSPS) is 32.1. The molecule has 1 amide bonds. The molecule has 4 atom stereocenters. The molecule has 1 aliphatic heterocycles. The number of rotatable bonds is 7. The molecule has 1 saturated heterocycles. The number of imidazole rings is 1. The van der Waals surface area contributed by atoms with Crippen molar-refractivity contribution in [2.24, 2.45) is 29.6 Å². The summed E-state index contributed by atoms with van der Waals surface area (Å²) in [5.41, 5.74) is 4.40. The molecule has 4 aliphatic carbocycles. The monoisotopic (exact) mass is 536 g/mol. The number of hydrogen-bond donors (Lipinski definition) is 0. The number of methoxy groups -OCH3 is 1. The lowest BCUT2D eigenvalue weighted by Crippen LogP contribution is -2.53. The van der Waals surface area contributed by atoms with E-state index in [2.05, 4.69) is 33.1 Å². The average Bonchev–Trinajstić information content (AvgIpc) is 3.59. The molecule has 5 aliphatic rings. The molecule has 206 valence electrons. The Morgan fingerprint density at radius 1 is 1.05 bits per heavy atom. The van der Waals surface area contributed by atoms with Crippen molar-refractivity contribution in [2.75, 3.05) is 13.7 Å². The molecule has 0 aromatic carbocycles. The largest absolute Gasteiger partial charge is 0.379 e. The van der Waals surface area contributed by atoms with E-state index in [1.807, 2.05) is 25.4 Å². The summed E-state index contributed by atoms with van der Waals surface area (Å²) in [6.07, 6.45) is 10.7. The third-order valence-electron chi connectivity index (χ3n) is 11.0. The van der Waals surface area contributed by atoms with Crippen LogP contribution < -0.4 is 0 Å². The summed E-state index contributed by atoms with van der Waals surface area (Å²) in [6, 6.07) is 8.82. The van der Waals surface area contributed by atoms with Gasteiger partial charge >= 0.3 is 0 Å². The van der Waals surface area contributed by atoms with Crippen molar-refractivity contribution in [3.63, 3.8) is 0 Å². The first-order chi connectivity index (χ1) is 19.5. The second-order valence-electron chi connectivity index (χ2n) is 13.6. The van der Waals surface area contributed by atoms with E-state index in [9.17, 15) is 4.79 Å². The Morgan fingerprint density at radius 3 is 2.67 bits per heavy atom. The fraction of sp³-hybridized carbons (Fsp3) is 0.562. The highest BCUT2D eigenvalue weighted by Crippen LogP contribution is 2.60. The number of likely N-dealkylation sites (tertiary alicyclic amines) is 1. The number of carbonyl (C=O) groups excluding carboxylic acids is 1. The first-order valence-electron chi connectivity index (χ1n) is 15.1. The van der Waals surface area contributed by atoms with Gasteiger partial charge in [0, 0.05) is 50.6 Å². The second-order valence-corrected chi connectivity index (χ2v) is 13.6. The van der Waals surface area contributed by atoms with Gasteiger partial charge in [0.2, 0.25) is 0 Å². The smallest absolute Gasteiger partial charge is 0.255 e. The fourth-order valence-electron chi connectivity index (χ4n) is 8.59. The molecule has 0 bridgehead atoms. The second kappa shape index (κ2) is 8.15. The number of carbonyl (C=O) groups is 1. The molecule has 0 radical (unpaired) electrons. The van der Waals surface area contributed by atoms with Crippen LogP contribution in [0.2, 0.25) is 0 Å². The minimum atomic E-state index is -0.0469. The number of nitrogens with zero attached hydrogens (tertiary/aromatic N) is 6. The molecule has 5 fully saturated rings. The lowest BCUT2D eigenvalue weighted by Gasteiger charge is -2.52. The van der Waals surface area contributed by atoms with Crippen molar-refractivity contribution in [1.29, 1.82) is 0 Å². The predicted molar refractivity (Wildman–Crippen MR) is 152 cm³/mol. The summed E-state index contributed by atoms with van der Waals surface area (Å²) < 4.78 is 10.4. The van der Waals surface area contributed by atoms with Gasteiger partial charge in [-0.25, -0.2) is 15.0 Å². The summed E-state index contributed by atoms with van der Waals surface area (Å²) >= 11 is 0. The molecule has 9 rings (SSSR count). The fourth-order valence-corrected chi connectivity index (χ4v) is 8.59. The third-order valence-corrected chi connectivity index (χ3v) is 11.0. The Kier molecular flexibility index (Phi) is 4.78. The highest BCUT2D eigenvalue weighted by molar-refractivity contribution is 5.97. The van der Waals surface area contributed by atoms with E-state index in [1.54, 1.807) is 6.20 Å². The van der Waals surface area contributed by atoms with Gasteiger partial charge in [0.25, 0.3) is 5.91 Å². The minimum Gasteiger partial charge on any atom is -0.379 e. The van der Waals surface area contributed by atoms with Gasteiger partial charge < -0.3 is 18.8 Å². The molecule has 0 spiro atoms. The maximum absolute atomic E-state index is 13.7. The third kappa shape index (κ3) is 3.34. The van der Waals surface area contributed by atoms with Crippen LogP contribution in [0, 0.1) is 29.6 Å². The minimum absolute atomic E-state index is 0.0469. The molecule has 5 heterocycles. The van der Waals surface area contributed by atoms with Gasteiger partial charge in [-0.1, -0.05) is 0 Å². The van der Waals surface area contributed by atoms with Gasteiger partial charge in [0.1, 0.15) is 11.2 Å². The molecule has 4 aromatic heterocycles. The number of amides is 1. The molecule has 4 aromatic rings. The van der Waals surface area contributed by atoms with Gasteiger partial charge in [-0.05, 0) is 99.3 Å². The zero-order valence-electron chi connectivity index (χ0n) is 23.3. The van der Waals surface area contributed by atoms with E-state index in [1.165, 1.54) is 25.7 Å². The van der Waals surface area contributed by atoms with Crippen LogP contribution in [0.3, 0.4) is 0 Å². The lowest BCUT2D eigenvalue weighted by molar-refractivity contribution is -0.0937. The zero-order chi connectivity index (χ0) is 26.7. The Balaban J connectivity index is 1.14. The molecular weight excluding hydrogens is 500 g/mol. The van der Waals surface area contributed by atoms with E-state index in [0.717, 1.165) is 83.9 Å². The number of ether oxygens (including phenoxy) is 1. The van der Waals surface area contributed by atoms with E-state index < -0.39 is 0 Å². The van der Waals surface area contributed by atoms with Gasteiger partial charge in [0.15, 0.2) is 11.5 Å². The van der Waals surface area contributed by atoms with E-state index in [-0.39, 0.29) is 11.5 Å². The van der Waals surface area contributed by atoms with E-state index in [4.69, 9.17) is 19.7 Å². The van der Waals surface area contributed by atoms with Gasteiger partial charge in [0.05, 0.1) is 16.9 Å². The van der Waals surface area contributed by atoms with Gasteiger partial charge in [-0.2, -0.15) is 0 Å². The van der Waals surface area contributed by atoms with Crippen LogP contribution in [0.5, 0.6) is 0 Å². The quantitative estimate of drug-likeness (QED) is 0.326. The Bertz CT molecular complexity index is 1680. The van der Waals surface area contributed by atoms with Crippen LogP contribution in [0.25, 0.3) is 33.7 Å². The van der Waals surface area contributed by atoms with E-state index >= 15 is 0 Å². The number of fused-ring (bicyclic) bond motifs is 2. The molecule has 0 N–H and O–H groups in total.